The van der Waals surface area contributed by atoms with Gasteiger partial charge in [-0.15, -0.1) is 0 Å². The molecule has 0 aromatic heterocycles. The van der Waals surface area contributed by atoms with Crippen molar-refractivity contribution in [2.24, 2.45) is 0 Å². The molecule has 90 valence electrons. The van der Waals surface area contributed by atoms with Crippen molar-refractivity contribution < 1.29 is 9.90 Å². The molecule has 3 nitrogen and oxygen atoms in total. The molecular formula is C12H25NO2. The average molecular weight is 215 g/mol. The second-order valence-corrected chi connectivity index (χ2v) is 4.22. The second-order valence-electron chi connectivity index (χ2n) is 4.22. The summed E-state index contributed by atoms with van der Waals surface area (Å²) >= 11 is 0. The zero-order valence-corrected chi connectivity index (χ0v) is 10.3. The van der Waals surface area contributed by atoms with E-state index < -0.39 is 0 Å². The first-order valence-electron chi connectivity index (χ1n) is 6.03. The molecule has 0 fully saturated rings. The van der Waals surface area contributed by atoms with Crippen LogP contribution in [0.15, 0.2) is 0 Å². The number of hydrogen-bond donors (Lipinski definition) is 1. The molecule has 0 aromatic rings. The fraction of sp³-hybridized carbons (Fsp3) is 0.917. The lowest BCUT2D eigenvalue weighted by Crippen LogP contribution is -2.37. The molecule has 0 aliphatic rings. The summed E-state index contributed by atoms with van der Waals surface area (Å²) in [6.45, 7) is 7.02. The zero-order valence-electron chi connectivity index (χ0n) is 10.3. The van der Waals surface area contributed by atoms with Crippen LogP contribution in [0, 0.1) is 0 Å². The molecule has 0 aliphatic carbocycles. The number of unbranched alkanes of at least 4 members (excludes halogenated alkanes) is 2. The summed E-state index contributed by atoms with van der Waals surface area (Å²) in [6.07, 6.45) is 4.58. The van der Waals surface area contributed by atoms with Crippen LogP contribution in [-0.2, 0) is 4.79 Å². The SMILES string of the molecule is CCCCCC(=O)N(CCCO)C(C)C. The largest absolute Gasteiger partial charge is 0.396 e. The highest BCUT2D eigenvalue weighted by Gasteiger charge is 2.15. The molecule has 0 heterocycles. The maximum Gasteiger partial charge on any atom is 0.222 e. The van der Waals surface area contributed by atoms with Crippen molar-refractivity contribution in [3.8, 4) is 0 Å². The van der Waals surface area contributed by atoms with Crippen molar-refractivity contribution in [1.82, 2.24) is 4.90 Å². The highest BCUT2D eigenvalue weighted by Crippen LogP contribution is 2.07. The van der Waals surface area contributed by atoms with Gasteiger partial charge in [-0.05, 0) is 26.7 Å². The van der Waals surface area contributed by atoms with E-state index in [4.69, 9.17) is 5.11 Å². The molecule has 0 saturated carbocycles. The van der Waals surface area contributed by atoms with Gasteiger partial charge < -0.3 is 10.0 Å². The lowest BCUT2D eigenvalue weighted by Gasteiger charge is -2.26. The minimum Gasteiger partial charge on any atom is -0.396 e. The third-order valence-electron chi connectivity index (χ3n) is 2.50. The number of hydrogen-bond acceptors (Lipinski definition) is 2. The van der Waals surface area contributed by atoms with Crippen LogP contribution in [0.2, 0.25) is 0 Å². The van der Waals surface area contributed by atoms with E-state index in [1.807, 2.05) is 18.7 Å². The van der Waals surface area contributed by atoms with Gasteiger partial charge in [0.2, 0.25) is 5.91 Å². The number of carbonyl (C=O) groups excluding carboxylic acids is 1. The average Bonchev–Trinajstić information content (AvgIpc) is 2.18. The lowest BCUT2D eigenvalue weighted by molar-refractivity contribution is -0.133. The Morgan fingerprint density at radius 3 is 2.40 bits per heavy atom. The summed E-state index contributed by atoms with van der Waals surface area (Å²) in [5, 5.41) is 8.75. The third kappa shape index (κ3) is 6.50. The van der Waals surface area contributed by atoms with Gasteiger partial charge in [0.15, 0.2) is 0 Å². The third-order valence-corrected chi connectivity index (χ3v) is 2.50. The van der Waals surface area contributed by atoms with E-state index in [0.717, 1.165) is 19.3 Å². The van der Waals surface area contributed by atoms with Crippen molar-refractivity contribution in [3.63, 3.8) is 0 Å². The molecule has 0 aliphatic heterocycles. The van der Waals surface area contributed by atoms with Crippen LogP contribution < -0.4 is 0 Å². The van der Waals surface area contributed by atoms with E-state index in [-0.39, 0.29) is 18.6 Å². The summed E-state index contributed by atoms with van der Waals surface area (Å²) < 4.78 is 0. The van der Waals surface area contributed by atoms with Crippen molar-refractivity contribution in [2.75, 3.05) is 13.2 Å². The predicted molar refractivity (Wildman–Crippen MR) is 62.7 cm³/mol. The quantitative estimate of drug-likeness (QED) is 0.630. The van der Waals surface area contributed by atoms with Gasteiger partial charge in [-0.25, -0.2) is 0 Å². The van der Waals surface area contributed by atoms with Crippen molar-refractivity contribution in [3.05, 3.63) is 0 Å². The van der Waals surface area contributed by atoms with Crippen molar-refractivity contribution >= 4 is 5.91 Å². The molecular weight excluding hydrogens is 190 g/mol. The number of amides is 1. The Bertz CT molecular complexity index is 169. The maximum atomic E-state index is 11.8. The maximum absolute atomic E-state index is 11.8. The van der Waals surface area contributed by atoms with Gasteiger partial charge in [0.05, 0.1) is 0 Å². The van der Waals surface area contributed by atoms with Crippen molar-refractivity contribution in [2.45, 2.75) is 58.9 Å². The first kappa shape index (κ1) is 14.4. The Hall–Kier alpha value is -0.570. The van der Waals surface area contributed by atoms with Crippen LogP contribution in [0.25, 0.3) is 0 Å². The van der Waals surface area contributed by atoms with E-state index in [2.05, 4.69) is 6.92 Å². The zero-order chi connectivity index (χ0) is 11.7. The number of carbonyl (C=O) groups is 1. The Morgan fingerprint density at radius 2 is 1.93 bits per heavy atom. The van der Waals surface area contributed by atoms with Gasteiger partial charge in [-0.1, -0.05) is 19.8 Å². The Kier molecular flexibility index (Phi) is 8.38. The van der Waals surface area contributed by atoms with E-state index in [9.17, 15) is 4.79 Å². The highest BCUT2D eigenvalue weighted by atomic mass is 16.3. The predicted octanol–water partition coefficient (Wildman–Crippen LogP) is 2.19. The van der Waals surface area contributed by atoms with E-state index >= 15 is 0 Å². The normalized spacial score (nSPS) is 10.7. The summed E-state index contributed by atoms with van der Waals surface area (Å²) in [5.41, 5.74) is 0. The minimum atomic E-state index is 0.158. The molecule has 0 atom stereocenters. The van der Waals surface area contributed by atoms with Gasteiger partial charge in [0.25, 0.3) is 0 Å². The second kappa shape index (κ2) is 8.72. The summed E-state index contributed by atoms with van der Waals surface area (Å²) in [5.74, 6) is 0.229. The van der Waals surface area contributed by atoms with E-state index in [1.165, 1.54) is 0 Å². The molecule has 1 N–H and O–H groups in total. The molecule has 0 radical (unpaired) electrons. The fourth-order valence-electron chi connectivity index (χ4n) is 1.58. The topological polar surface area (TPSA) is 40.5 Å². The number of rotatable bonds is 8. The van der Waals surface area contributed by atoms with Crippen LogP contribution in [-0.4, -0.2) is 35.1 Å². The van der Waals surface area contributed by atoms with Gasteiger partial charge in [-0.3, -0.25) is 4.79 Å². The molecule has 0 rings (SSSR count). The number of aliphatic hydroxyl groups is 1. The number of nitrogens with zero attached hydrogens (tertiary/aromatic N) is 1. The molecule has 0 aromatic carbocycles. The van der Waals surface area contributed by atoms with Gasteiger partial charge in [0.1, 0.15) is 0 Å². The summed E-state index contributed by atoms with van der Waals surface area (Å²) in [7, 11) is 0. The van der Waals surface area contributed by atoms with Crippen LogP contribution in [0.5, 0.6) is 0 Å². The van der Waals surface area contributed by atoms with Gasteiger partial charge >= 0.3 is 0 Å². The molecule has 0 unspecified atom stereocenters. The Morgan fingerprint density at radius 1 is 1.27 bits per heavy atom. The molecule has 1 amide bonds. The fourth-order valence-corrected chi connectivity index (χ4v) is 1.58. The van der Waals surface area contributed by atoms with Gasteiger partial charge in [0, 0.05) is 25.6 Å². The monoisotopic (exact) mass is 215 g/mol. The van der Waals surface area contributed by atoms with E-state index in [0.29, 0.717) is 19.4 Å². The van der Waals surface area contributed by atoms with Crippen LogP contribution in [0.4, 0.5) is 0 Å². The number of aliphatic hydroxyl groups excluding tert-OH is 1. The van der Waals surface area contributed by atoms with Gasteiger partial charge in [-0.2, -0.15) is 0 Å². The Balaban J connectivity index is 3.93. The van der Waals surface area contributed by atoms with Crippen LogP contribution in [0.3, 0.4) is 0 Å². The molecule has 0 bridgehead atoms. The first-order chi connectivity index (χ1) is 7.13. The highest BCUT2D eigenvalue weighted by molar-refractivity contribution is 5.76. The summed E-state index contributed by atoms with van der Waals surface area (Å²) in [4.78, 5) is 13.7. The minimum absolute atomic E-state index is 0.158. The smallest absolute Gasteiger partial charge is 0.222 e. The molecule has 0 saturated heterocycles. The van der Waals surface area contributed by atoms with Crippen molar-refractivity contribution in [1.29, 1.82) is 0 Å². The van der Waals surface area contributed by atoms with Crippen LogP contribution in [0.1, 0.15) is 52.9 Å². The Labute approximate surface area is 93.5 Å². The molecule has 0 spiro atoms. The standard InChI is InChI=1S/C12H25NO2/c1-4-5-6-8-12(15)13(11(2)3)9-7-10-14/h11,14H,4-10H2,1-3H3. The summed E-state index contributed by atoms with van der Waals surface area (Å²) in [6, 6.07) is 0.241. The molecule has 15 heavy (non-hydrogen) atoms. The van der Waals surface area contributed by atoms with E-state index in [1.54, 1.807) is 0 Å². The lowest BCUT2D eigenvalue weighted by atomic mass is 10.1. The van der Waals surface area contributed by atoms with Crippen LogP contribution >= 0.6 is 0 Å². The molecule has 3 heteroatoms. The first-order valence-corrected chi connectivity index (χ1v) is 6.03.